The molecule has 0 saturated carbocycles. The molecular formula is C21H21ClN6OS. The van der Waals surface area contributed by atoms with Crippen LogP contribution in [0.4, 0.5) is 5.69 Å². The molecule has 0 atom stereocenters. The van der Waals surface area contributed by atoms with Crippen LogP contribution in [0, 0.1) is 6.92 Å². The van der Waals surface area contributed by atoms with Gasteiger partial charge in [0.05, 0.1) is 16.8 Å². The first kappa shape index (κ1) is 20.4. The number of anilines is 1. The maximum Gasteiger partial charge on any atom is 0.234 e. The summed E-state index contributed by atoms with van der Waals surface area (Å²) in [4.78, 5) is 20.2. The van der Waals surface area contributed by atoms with Gasteiger partial charge in [0.25, 0.3) is 0 Å². The van der Waals surface area contributed by atoms with Crippen LogP contribution < -0.4 is 5.32 Å². The fourth-order valence-electron chi connectivity index (χ4n) is 3.10. The van der Waals surface area contributed by atoms with Gasteiger partial charge in [0.1, 0.15) is 11.6 Å². The normalized spacial score (nSPS) is 11.2. The predicted molar refractivity (Wildman–Crippen MR) is 120 cm³/mol. The Balaban J connectivity index is 1.33. The highest BCUT2D eigenvalue weighted by Crippen LogP contribution is 2.24. The third kappa shape index (κ3) is 4.49. The summed E-state index contributed by atoms with van der Waals surface area (Å²) in [6.45, 7) is 1.88. The fourth-order valence-corrected chi connectivity index (χ4v) is 4.01. The van der Waals surface area contributed by atoms with Crippen LogP contribution in [0.2, 0.25) is 5.02 Å². The highest BCUT2D eigenvalue weighted by Gasteiger charge is 2.13. The lowest BCUT2D eigenvalue weighted by Crippen LogP contribution is -2.15. The predicted octanol–water partition coefficient (Wildman–Crippen LogP) is 4.17. The van der Waals surface area contributed by atoms with Gasteiger partial charge in [-0.1, -0.05) is 41.6 Å². The summed E-state index contributed by atoms with van der Waals surface area (Å²) in [5.41, 5.74) is 3.56. The maximum atomic E-state index is 12.3. The highest BCUT2D eigenvalue weighted by atomic mass is 35.5. The Morgan fingerprint density at radius 2 is 2.00 bits per heavy atom. The largest absolute Gasteiger partial charge is 0.342 e. The number of carbonyl (C=O) groups excluding carboxylic acids is 1. The van der Waals surface area contributed by atoms with Crippen LogP contribution in [-0.2, 0) is 24.7 Å². The second-order valence-corrected chi connectivity index (χ2v) is 8.26. The van der Waals surface area contributed by atoms with Gasteiger partial charge in [-0.3, -0.25) is 4.79 Å². The number of hydrogen-bond acceptors (Lipinski definition) is 5. The number of nitrogens with one attached hydrogen (secondary N) is 2. The van der Waals surface area contributed by atoms with Crippen molar-refractivity contribution in [3.8, 4) is 0 Å². The van der Waals surface area contributed by atoms with E-state index in [0.717, 1.165) is 40.4 Å². The van der Waals surface area contributed by atoms with Gasteiger partial charge in [-0.2, -0.15) is 0 Å². The lowest BCUT2D eigenvalue weighted by molar-refractivity contribution is -0.113. The Labute approximate surface area is 183 Å². The highest BCUT2D eigenvalue weighted by molar-refractivity contribution is 7.99. The lowest BCUT2D eigenvalue weighted by atomic mass is 10.2. The summed E-state index contributed by atoms with van der Waals surface area (Å²) < 4.78 is 1.92. The van der Waals surface area contributed by atoms with Crippen LogP contribution in [0.15, 0.2) is 47.6 Å². The van der Waals surface area contributed by atoms with E-state index in [1.807, 2.05) is 54.9 Å². The molecule has 2 heterocycles. The topological polar surface area (TPSA) is 88.5 Å². The summed E-state index contributed by atoms with van der Waals surface area (Å²) in [5, 5.41) is 12.7. The molecule has 154 valence electrons. The van der Waals surface area contributed by atoms with Gasteiger partial charge < -0.3 is 14.9 Å². The number of aryl methyl sites for hydroxylation is 2. The van der Waals surface area contributed by atoms with Gasteiger partial charge >= 0.3 is 0 Å². The number of benzene rings is 2. The van der Waals surface area contributed by atoms with Crippen molar-refractivity contribution in [2.45, 2.75) is 24.9 Å². The van der Waals surface area contributed by atoms with Crippen LogP contribution >= 0.6 is 23.4 Å². The Hall–Kier alpha value is -2.84. The minimum atomic E-state index is -0.114. The number of nitrogens with zero attached hydrogens (tertiary/aromatic N) is 4. The monoisotopic (exact) mass is 440 g/mol. The van der Waals surface area contributed by atoms with Crippen molar-refractivity contribution in [3.63, 3.8) is 0 Å². The number of imidazole rings is 1. The van der Waals surface area contributed by atoms with E-state index in [0.29, 0.717) is 16.6 Å². The van der Waals surface area contributed by atoms with Crippen molar-refractivity contribution in [3.05, 3.63) is 64.7 Å². The number of carbonyl (C=O) groups is 1. The van der Waals surface area contributed by atoms with E-state index in [2.05, 4.69) is 25.5 Å². The van der Waals surface area contributed by atoms with Crippen LogP contribution in [0.25, 0.3) is 11.0 Å². The molecular weight excluding hydrogens is 420 g/mol. The van der Waals surface area contributed by atoms with E-state index in [1.54, 1.807) is 6.07 Å². The zero-order valence-electron chi connectivity index (χ0n) is 16.6. The molecule has 2 N–H and O–H groups in total. The van der Waals surface area contributed by atoms with Gasteiger partial charge in [-0.25, -0.2) is 4.98 Å². The molecule has 4 aromatic rings. The van der Waals surface area contributed by atoms with Crippen molar-refractivity contribution in [2.24, 2.45) is 7.05 Å². The maximum absolute atomic E-state index is 12.3. The first-order valence-electron chi connectivity index (χ1n) is 9.51. The third-order valence-electron chi connectivity index (χ3n) is 4.82. The van der Waals surface area contributed by atoms with E-state index in [-0.39, 0.29) is 11.7 Å². The summed E-state index contributed by atoms with van der Waals surface area (Å²) in [7, 11) is 1.91. The van der Waals surface area contributed by atoms with Crippen molar-refractivity contribution in [1.29, 1.82) is 0 Å². The molecule has 0 aliphatic carbocycles. The zero-order valence-corrected chi connectivity index (χ0v) is 18.2. The lowest BCUT2D eigenvalue weighted by Gasteiger charge is -2.09. The van der Waals surface area contributed by atoms with Crippen molar-refractivity contribution in [2.75, 3.05) is 11.1 Å². The van der Waals surface area contributed by atoms with Crippen LogP contribution in [0.1, 0.15) is 17.2 Å². The molecule has 0 saturated heterocycles. The Morgan fingerprint density at radius 3 is 2.83 bits per heavy atom. The van der Waals surface area contributed by atoms with E-state index in [1.165, 1.54) is 11.8 Å². The second kappa shape index (κ2) is 8.89. The molecule has 0 fully saturated rings. The number of aromatic amines is 1. The molecule has 0 aliphatic rings. The molecule has 0 aliphatic heterocycles. The Morgan fingerprint density at radius 1 is 1.17 bits per heavy atom. The summed E-state index contributed by atoms with van der Waals surface area (Å²) >= 11 is 7.46. The minimum absolute atomic E-state index is 0.114. The zero-order chi connectivity index (χ0) is 21.1. The van der Waals surface area contributed by atoms with Gasteiger partial charge in [0, 0.05) is 30.6 Å². The number of halogens is 1. The quantitative estimate of drug-likeness (QED) is 0.421. The molecule has 7 nitrogen and oxygen atoms in total. The van der Waals surface area contributed by atoms with Crippen molar-refractivity contribution < 1.29 is 4.79 Å². The number of para-hydroxylation sites is 2. The van der Waals surface area contributed by atoms with Crippen LogP contribution in [0.3, 0.4) is 0 Å². The minimum Gasteiger partial charge on any atom is -0.342 e. The molecule has 2 aromatic carbocycles. The Bertz CT molecular complexity index is 1170. The van der Waals surface area contributed by atoms with Crippen LogP contribution in [0.5, 0.6) is 0 Å². The Kier molecular flexibility index (Phi) is 6.06. The number of amides is 1. The molecule has 2 aromatic heterocycles. The van der Waals surface area contributed by atoms with Gasteiger partial charge in [0.2, 0.25) is 5.91 Å². The van der Waals surface area contributed by atoms with Gasteiger partial charge in [-0.05, 0) is 36.8 Å². The van der Waals surface area contributed by atoms with Crippen molar-refractivity contribution in [1.82, 2.24) is 24.7 Å². The standard InChI is InChI=1S/C21H21ClN6OS/c1-13-14(22)6-5-9-15(13)25-20(29)12-30-21-27-26-19(28(21)2)11-10-18-23-16-7-3-4-8-17(16)24-18/h3-9H,10-12H2,1-2H3,(H,23,24)(H,25,29). The van der Waals surface area contributed by atoms with E-state index >= 15 is 0 Å². The molecule has 1 amide bonds. The molecule has 30 heavy (non-hydrogen) atoms. The number of rotatable bonds is 7. The molecule has 9 heteroatoms. The average Bonchev–Trinajstić information content (AvgIpc) is 3.31. The first-order chi connectivity index (χ1) is 14.5. The number of fused-ring (bicyclic) bond motifs is 1. The summed E-state index contributed by atoms with van der Waals surface area (Å²) in [6.07, 6.45) is 1.44. The number of H-pyrrole nitrogens is 1. The van der Waals surface area contributed by atoms with E-state index in [9.17, 15) is 4.79 Å². The summed E-state index contributed by atoms with van der Waals surface area (Å²) in [5.74, 6) is 1.90. The molecule has 0 radical (unpaired) electrons. The molecule has 0 unspecified atom stereocenters. The molecule has 0 bridgehead atoms. The summed E-state index contributed by atoms with van der Waals surface area (Å²) in [6, 6.07) is 13.4. The second-order valence-electron chi connectivity index (χ2n) is 6.91. The average molecular weight is 441 g/mol. The van der Waals surface area contributed by atoms with Crippen LogP contribution in [-0.4, -0.2) is 36.4 Å². The number of hydrogen-bond donors (Lipinski definition) is 2. The van der Waals surface area contributed by atoms with Crippen molar-refractivity contribution >= 4 is 46.0 Å². The van der Waals surface area contributed by atoms with E-state index < -0.39 is 0 Å². The molecule has 4 rings (SSSR count). The fraction of sp³-hybridized carbons (Fsp3) is 0.238. The van der Waals surface area contributed by atoms with Gasteiger partial charge in [0.15, 0.2) is 5.16 Å². The van der Waals surface area contributed by atoms with E-state index in [4.69, 9.17) is 11.6 Å². The number of aromatic nitrogens is 5. The molecule has 0 spiro atoms. The first-order valence-corrected chi connectivity index (χ1v) is 10.9. The smallest absolute Gasteiger partial charge is 0.234 e. The third-order valence-corrected chi connectivity index (χ3v) is 6.25. The van der Waals surface area contributed by atoms with Gasteiger partial charge in [-0.15, -0.1) is 10.2 Å². The number of thioether (sulfide) groups is 1. The SMILES string of the molecule is Cc1c(Cl)cccc1NC(=O)CSc1nnc(CCc2nc3ccccc3[nH]2)n1C.